The minimum Gasteiger partial charge on any atom is -0.381 e. The van der Waals surface area contributed by atoms with Crippen molar-refractivity contribution in [3.05, 3.63) is 0 Å². The first-order chi connectivity index (χ1) is 11.3. The van der Waals surface area contributed by atoms with E-state index in [0.29, 0.717) is 6.54 Å². The smallest absolute Gasteiger partial charge is 0.191 e. The zero-order valence-corrected chi connectivity index (χ0v) is 17.5. The maximum atomic E-state index is 5.73. The van der Waals surface area contributed by atoms with Crippen LogP contribution in [0.1, 0.15) is 39.0 Å². The van der Waals surface area contributed by atoms with Crippen molar-refractivity contribution >= 4 is 29.9 Å². The Morgan fingerprint density at radius 2 is 2.00 bits per heavy atom. The molecule has 2 rings (SSSR count). The summed E-state index contributed by atoms with van der Waals surface area (Å²) in [6, 6.07) is 0. The van der Waals surface area contributed by atoms with Crippen molar-refractivity contribution in [3.63, 3.8) is 0 Å². The average Bonchev–Trinajstić information content (AvgIpc) is 3.41. The highest BCUT2D eigenvalue weighted by Gasteiger charge is 2.32. The highest BCUT2D eigenvalue weighted by atomic mass is 127. The normalized spacial score (nSPS) is 20.3. The third-order valence-electron chi connectivity index (χ3n) is 4.51. The topological polar surface area (TPSA) is 64.1 Å². The van der Waals surface area contributed by atoms with E-state index in [1.54, 1.807) is 7.11 Å². The molecular formula is C17H34IN3O3. The molecule has 6 nitrogen and oxygen atoms in total. The van der Waals surface area contributed by atoms with E-state index in [0.717, 1.165) is 70.7 Å². The van der Waals surface area contributed by atoms with E-state index in [1.165, 1.54) is 12.8 Å². The minimum absolute atomic E-state index is 0. The van der Waals surface area contributed by atoms with E-state index < -0.39 is 0 Å². The largest absolute Gasteiger partial charge is 0.381 e. The van der Waals surface area contributed by atoms with E-state index in [-0.39, 0.29) is 29.6 Å². The lowest BCUT2D eigenvalue weighted by molar-refractivity contribution is -0.0828. The molecule has 2 aliphatic rings. The van der Waals surface area contributed by atoms with Crippen molar-refractivity contribution in [2.75, 3.05) is 53.2 Å². The Balaban J connectivity index is 0.00000288. The lowest BCUT2D eigenvalue weighted by Crippen LogP contribution is -2.44. The molecule has 0 amide bonds. The summed E-state index contributed by atoms with van der Waals surface area (Å²) in [7, 11) is 1.78. The molecule has 1 saturated carbocycles. The molecule has 0 aromatic carbocycles. The second kappa shape index (κ2) is 12.3. The first kappa shape index (κ1) is 21.9. The Kier molecular flexibility index (Phi) is 11.2. The molecule has 0 aromatic rings. The number of hydrogen-bond donors (Lipinski definition) is 2. The van der Waals surface area contributed by atoms with Crippen LogP contribution in [0.15, 0.2) is 4.99 Å². The van der Waals surface area contributed by atoms with Crippen LogP contribution in [0.2, 0.25) is 0 Å². The van der Waals surface area contributed by atoms with Crippen molar-refractivity contribution in [1.82, 2.24) is 10.6 Å². The van der Waals surface area contributed by atoms with Gasteiger partial charge in [0.25, 0.3) is 0 Å². The summed E-state index contributed by atoms with van der Waals surface area (Å²) >= 11 is 0. The quantitative estimate of drug-likeness (QED) is 0.229. The number of methoxy groups -OCH3 is 1. The molecule has 7 heteroatoms. The number of aliphatic imine (C=N–C) groups is 1. The zero-order chi connectivity index (χ0) is 16.4. The number of ether oxygens (including phenoxy) is 3. The van der Waals surface area contributed by atoms with Gasteiger partial charge in [-0.05, 0) is 32.1 Å². The Hall–Kier alpha value is -0.120. The predicted octanol–water partition coefficient (Wildman–Crippen LogP) is 2.17. The van der Waals surface area contributed by atoms with Gasteiger partial charge in [-0.3, -0.25) is 4.99 Å². The summed E-state index contributed by atoms with van der Waals surface area (Å²) in [5.74, 6) is 1.70. The molecule has 1 heterocycles. The van der Waals surface area contributed by atoms with Gasteiger partial charge in [-0.25, -0.2) is 0 Å². The first-order valence-electron chi connectivity index (χ1n) is 9.01. The van der Waals surface area contributed by atoms with Crippen molar-refractivity contribution in [1.29, 1.82) is 0 Å². The van der Waals surface area contributed by atoms with Crippen molar-refractivity contribution < 1.29 is 14.2 Å². The number of nitrogens with one attached hydrogen (secondary N) is 2. The highest BCUT2D eigenvalue weighted by Crippen LogP contribution is 2.28. The summed E-state index contributed by atoms with van der Waals surface area (Å²) in [4.78, 5) is 4.71. The molecule has 0 radical (unpaired) electrons. The van der Waals surface area contributed by atoms with Crippen LogP contribution < -0.4 is 10.6 Å². The lowest BCUT2D eigenvalue weighted by atomic mass is 9.94. The van der Waals surface area contributed by atoms with Crippen molar-refractivity contribution in [2.45, 2.75) is 44.6 Å². The fourth-order valence-electron chi connectivity index (χ4n) is 2.65. The molecule has 0 spiro atoms. The minimum atomic E-state index is -0.173. The highest BCUT2D eigenvalue weighted by molar-refractivity contribution is 14.0. The van der Waals surface area contributed by atoms with Gasteiger partial charge in [0.15, 0.2) is 5.96 Å². The Morgan fingerprint density at radius 1 is 1.25 bits per heavy atom. The van der Waals surface area contributed by atoms with E-state index in [1.807, 2.05) is 0 Å². The molecule has 2 fully saturated rings. The molecular weight excluding hydrogens is 421 g/mol. The maximum absolute atomic E-state index is 5.73. The van der Waals surface area contributed by atoms with Gasteiger partial charge in [-0.1, -0.05) is 0 Å². The maximum Gasteiger partial charge on any atom is 0.191 e. The van der Waals surface area contributed by atoms with Gasteiger partial charge < -0.3 is 24.8 Å². The molecule has 24 heavy (non-hydrogen) atoms. The third-order valence-corrected chi connectivity index (χ3v) is 4.51. The monoisotopic (exact) mass is 455 g/mol. The van der Waals surface area contributed by atoms with Crippen LogP contribution in [0.4, 0.5) is 0 Å². The number of hydrogen-bond acceptors (Lipinski definition) is 4. The zero-order valence-electron chi connectivity index (χ0n) is 15.1. The number of rotatable bonds is 10. The van der Waals surface area contributed by atoms with Crippen LogP contribution in [0.5, 0.6) is 0 Å². The second-order valence-corrected chi connectivity index (χ2v) is 6.49. The fourth-order valence-corrected chi connectivity index (χ4v) is 2.65. The summed E-state index contributed by atoms with van der Waals surface area (Å²) in [5, 5.41) is 6.67. The van der Waals surface area contributed by atoms with Gasteiger partial charge in [0.05, 0.1) is 12.1 Å². The molecule has 0 bridgehead atoms. The van der Waals surface area contributed by atoms with Crippen LogP contribution in [-0.4, -0.2) is 64.7 Å². The first-order valence-corrected chi connectivity index (χ1v) is 9.01. The SMILES string of the molecule is CCNC(=NCC1(OC)CCOCC1)NCCCOCC1CC1.I. The van der Waals surface area contributed by atoms with Crippen molar-refractivity contribution in [3.8, 4) is 0 Å². The summed E-state index contributed by atoms with van der Waals surface area (Å²) in [6.07, 6.45) is 5.51. The van der Waals surface area contributed by atoms with Crippen LogP contribution in [0.3, 0.4) is 0 Å². The van der Waals surface area contributed by atoms with Gasteiger partial charge in [-0.15, -0.1) is 24.0 Å². The van der Waals surface area contributed by atoms with Gasteiger partial charge in [-0.2, -0.15) is 0 Å². The predicted molar refractivity (Wildman–Crippen MR) is 107 cm³/mol. The second-order valence-electron chi connectivity index (χ2n) is 6.49. The Labute approximate surface area is 163 Å². The lowest BCUT2D eigenvalue weighted by Gasteiger charge is -2.34. The molecule has 1 saturated heterocycles. The average molecular weight is 455 g/mol. The van der Waals surface area contributed by atoms with Gasteiger partial charge in [0, 0.05) is 59.5 Å². The van der Waals surface area contributed by atoms with Gasteiger partial charge in [0.2, 0.25) is 0 Å². The summed E-state index contributed by atoms with van der Waals surface area (Å²) < 4.78 is 16.8. The van der Waals surface area contributed by atoms with Crippen LogP contribution >= 0.6 is 24.0 Å². The Morgan fingerprint density at radius 3 is 2.62 bits per heavy atom. The molecule has 1 aliphatic heterocycles. The molecule has 2 N–H and O–H groups in total. The van der Waals surface area contributed by atoms with Crippen LogP contribution in [0, 0.1) is 5.92 Å². The molecule has 1 aliphatic carbocycles. The van der Waals surface area contributed by atoms with E-state index in [4.69, 9.17) is 19.2 Å². The summed E-state index contributed by atoms with van der Waals surface area (Å²) in [6.45, 7) is 7.75. The molecule has 0 aromatic heterocycles. The van der Waals surface area contributed by atoms with Crippen LogP contribution in [0.25, 0.3) is 0 Å². The number of halogens is 1. The molecule has 0 unspecified atom stereocenters. The van der Waals surface area contributed by atoms with E-state index >= 15 is 0 Å². The van der Waals surface area contributed by atoms with E-state index in [9.17, 15) is 0 Å². The molecule has 142 valence electrons. The summed E-state index contributed by atoms with van der Waals surface area (Å²) in [5.41, 5.74) is -0.173. The Bertz CT molecular complexity index is 359. The van der Waals surface area contributed by atoms with Crippen molar-refractivity contribution in [2.24, 2.45) is 10.9 Å². The fraction of sp³-hybridized carbons (Fsp3) is 0.941. The number of guanidine groups is 1. The van der Waals surface area contributed by atoms with Crippen LogP contribution in [-0.2, 0) is 14.2 Å². The van der Waals surface area contributed by atoms with Gasteiger partial charge >= 0.3 is 0 Å². The third kappa shape index (κ3) is 8.31. The van der Waals surface area contributed by atoms with Gasteiger partial charge in [0.1, 0.15) is 0 Å². The number of nitrogens with zero attached hydrogens (tertiary/aromatic N) is 1. The molecule has 0 atom stereocenters. The standard InChI is InChI=1S/C17H33N3O3.HI/c1-3-18-16(19-9-4-10-23-13-15-5-6-15)20-14-17(21-2)7-11-22-12-8-17;/h15H,3-14H2,1-2H3,(H2,18,19,20);1H. The van der Waals surface area contributed by atoms with E-state index in [2.05, 4.69) is 17.6 Å².